The van der Waals surface area contributed by atoms with Gasteiger partial charge in [-0.25, -0.2) is 0 Å². The molecule has 0 aliphatic heterocycles. The molecule has 0 radical (unpaired) electrons. The second-order valence-electron chi connectivity index (χ2n) is 33.7. The maximum absolute atomic E-state index is 14.9. The Hall–Kier alpha value is -14.0. The van der Waals surface area contributed by atoms with Crippen molar-refractivity contribution in [2.75, 3.05) is 0 Å². The number of hydrogen-bond donors (Lipinski definition) is 5. The van der Waals surface area contributed by atoms with Crippen molar-refractivity contribution in [2.24, 2.45) is 5.92 Å². The summed E-state index contributed by atoms with van der Waals surface area (Å²) >= 11 is 0. The van der Waals surface area contributed by atoms with Crippen LogP contribution in [0.2, 0.25) is 0 Å². The van der Waals surface area contributed by atoms with E-state index in [9.17, 15) is 25.5 Å². The lowest BCUT2D eigenvalue weighted by Crippen LogP contribution is -2.32. The Morgan fingerprint density at radius 2 is 0.442 bits per heavy atom. The quantitative estimate of drug-likeness (QED) is 0.0888. The van der Waals surface area contributed by atoms with Gasteiger partial charge in [-0.05, 0) is 186 Å². The summed E-state index contributed by atoms with van der Waals surface area (Å²) in [5, 5.41) is 67.8. The number of hydrogen-bond acceptors (Lipinski definition) is 5. The van der Waals surface area contributed by atoms with Crippen LogP contribution < -0.4 is 0 Å². The molecule has 0 spiro atoms. The molecule has 24 rings (SSSR count). The molecule has 0 saturated heterocycles. The number of aliphatic hydroxyl groups is 5. The highest BCUT2D eigenvalue weighted by atomic mass is 16.3. The van der Waals surface area contributed by atoms with Gasteiger partial charge in [-0.1, -0.05) is 401 Å². The topological polar surface area (TPSA) is 101 Å². The number of fused-ring (bicyclic) bond motifs is 17. The second kappa shape index (κ2) is 25.8. The molecular weight excluding hydrogens is 1460 g/mol. The van der Waals surface area contributed by atoms with Crippen molar-refractivity contribution in [3.8, 4) is 100 Å². The molecule has 5 N–H and O–H groups in total. The molecular formula is C115H78O5. The molecule has 0 bridgehead atoms. The zero-order chi connectivity index (χ0) is 80.2. The molecule has 0 amide bonds. The van der Waals surface area contributed by atoms with Crippen LogP contribution in [0.1, 0.15) is 119 Å². The first kappa shape index (κ1) is 70.2. The van der Waals surface area contributed by atoms with Crippen molar-refractivity contribution in [1.29, 1.82) is 0 Å². The standard InChI is InChI=1S/C115H78O5/c1-70-21-20-40-105-109(70)95-30-10-11-31-96(95)110(105,78-53-41-71(42-54-78)72-43-55-79(56-44-72)111(116)97-32-12-2-22-85(97)86-23-3-13-33-98(86)111)106-69-83(63-66-84(106)75-49-61-81(62-50-75)113(118)101-36-16-6-26-89(101)90-27-7-17-37-102(90)113)115(120)104-39-19-9-29-92(104)94-65-52-77(68-108(94)115)76-51-64-93-91-28-8-18-38-103(91)114(119,107(93)67-76)82-59-47-74(48-60-82)73-45-57-80(58-46-73)112(117)99-34-14-4-24-87(99)88-25-5-15-35-100(88)112/h2-20,22-70,116-120H,21H2,1H3. The van der Waals surface area contributed by atoms with Gasteiger partial charge in [0.15, 0.2) is 0 Å². The summed E-state index contributed by atoms with van der Waals surface area (Å²) in [4.78, 5) is 0. The van der Waals surface area contributed by atoms with Crippen molar-refractivity contribution in [2.45, 2.75) is 46.8 Å². The number of benzene rings is 17. The number of rotatable bonds is 11. The minimum atomic E-state index is -1.70. The average Bonchev–Trinajstić information content (AvgIpc) is 1.53. The van der Waals surface area contributed by atoms with Crippen LogP contribution in [0.15, 0.2) is 412 Å². The number of allylic oxidation sites excluding steroid dienone is 4. The van der Waals surface area contributed by atoms with Crippen molar-refractivity contribution in [3.63, 3.8) is 0 Å². The van der Waals surface area contributed by atoms with Crippen LogP contribution in [0, 0.1) is 5.92 Å². The van der Waals surface area contributed by atoms with Gasteiger partial charge in [0, 0.05) is 55.6 Å². The summed E-state index contributed by atoms with van der Waals surface area (Å²) in [6.45, 7) is 2.35. The maximum atomic E-state index is 14.9. The fraction of sp³-hybridized carbons (Fsp3) is 0.0783. The van der Waals surface area contributed by atoms with E-state index in [4.69, 9.17) is 0 Å². The Bertz CT molecular complexity index is 7130. The third kappa shape index (κ3) is 9.44. The lowest BCUT2D eigenvalue weighted by Gasteiger charge is -2.39. The predicted octanol–water partition coefficient (Wildman–Crippen LogP) is 24.4. The lowest BCUT2D eigenvalue weighted by atomic mass is 9.63. The molecule has 5 heteroatoms. The Kier molecular flexibility index (Phi) is 15.1. The molecule has 7 aliphatic carbocycles. The molecule has 17 aromatic carbocycles. The zero-order valence-corrected chi connectivity index (χ0v) is 65.7. The SMILES string of the molecule is CC1CC=CC2=C1c1ccccc1C2(c1ccc(-c2ccc(C3(O)c4ccccc4-c4ccccc43)cc2)cc1)c1cc(C2(O)c3ccccc3-c3ccc(-c4ccc5c(c4)C(O)(c4ccc(-c6ccc(C7(O)c8ccccc8-c8ccccc87)cc6)cc4)c4ccccc4-5)cc32)ccc1-c1ccc(C2(O)c3ccccc3-c3ccccc32)cc1. The maximum Gasteiger partial charge on any atom is 0.141 e. The van der Waals surface area contributed by atoms with Crippen LogP contribution in [0.3, 0.4) is 0 Å². The first-order valence-electron chi connectivity index (χ1n) is 41.7. The Morgan fingerprint density at radius 1 is 0.200 bits per heavy atom. The van der Waals surface area contributed by atoms with Gasteiger partial charge in [0.25, 0.3) is 0 Å². The smallest absolute Gasteiger partial charge is 0.141 e. The fourth-order valence-electron chi connectivity index (χ4n) is 22.5. The summed E-state index contributed by atoms with van der Waals surface area (Å²) in [7, 11) is 0. The predicted molar refractivity (Wildman–Crippen MR) is 481 cm³/mol. The van der Waals surface area contributed by atoms with Gasteiger partial charge in [-0.15, -0.1) is 0 Å². The van der Waals surface area contributed by atoms with Crippen LogP contribution >= 0.6 is 0 Å². The molecule has 120 heavy (non-hydrogen) atoms. The molecule has 0 heterocycles. The highest BCUT2D eigenvalue weighted by Crippen LogP contribution is 2.63. The first-order valence-corrected chi connectivity index (χ1v) is 41.7. The summed E-state index contributed by atoms with van der Waals surface area (Å²) < 4.78 is 0. The van der Waals surface area contributed by atoms with E-state index >= 15 is 0 Å². The van der Waals surface area contributed by atoms with Crippen molar-refractivity contribution in [1.82, 2.24) is 0 Å². The average molecular weight is 1540 g/mol. The van der Waals surface area contributed by atoms with E-state index in [1.165, 1.54) is 16.7 Å². The summed E-state index contributed by atoms with van der Waals surface area (Å²) in [6, 6.07) is 137. The van der Waals surface area contributed by atoms with E-state index in [0.717, 1.165) is 201 Å². The summed E-state index contributed by atoms with van der Waals surface area (Å²) in [6.07, 6.45) is 5.61. The van der Waals surface area contributed by atoms with Crippen molar-refractivity contribution < 1.29 is 25.5 Å². The minimum absolute atomic E-state index is 0.177. The first-order chi connectivity index (χ1) is 58.8. The summed E-state index contributed by atoms with van der Waals surface area (Å²) in [5.74, 6) is 0.177. The fourth-order valence-corrected chi connectivity index (χ4v) is 22.5. The van der Waals surface area contributed by atoms with Gasteiger partial charge in [0.05, 0.1) is 5.41 Å². The van der Waals surface area contributed by atoms with Crippen LogP contribution in [0.25, 0.3) is 106 Å². The molecule has 7 aliphatic rings. The van der Waals surface area contributed by atoms with Gasteiger partial charge in [-0.3, -0.25) is 0 Å². The monoisotopic (exact) mass is 1540 g/mol. The third-order valence-corrected chi connectivity index (χ3v) is 28.1. The van der Waals surface area contributed by atoms with E-state index in [0.29, 0.717) is 5.56 Å². The van der Waals surface area contributed by atoms with Gasteiger partial charge >= 0.3 is 0 Å². The van der Waals surface area contributed by atoms with Crippen LogP contribution in [0.5, 0.6) is 0 Å². The zero-order valence-electron chi connectivity index (χ0n) is 65.7. The Balaban J connectivity index is 0.646. The Labute approximate surface area is 697 Å². The molecule has 0 fully saturated rings. The van der Waals surface area contributed by atoms with Crippen molar-refractivity contribution in [3.05, 3.63) is 518 Å². The van der Waals surface area contributed by atoms with E-state index in [-0.39, 0.29) is 5.92 Å². The van der Waals surface area contributed by atoms with Crippen molar-refractivity contribution >= 4 is 5.57 Å². The minimum Gasteiger partial charge on any atom is -0.376 e. The van der Waals surface area contributed by atoms with E-state index < -0.39 is 33.4 Å². The molecule has 4 unspecified atom stereocenters. The van der Waals surface area contributed by atoms with Crippen LogP contribution in [-0.4, -0.2) is 25.5 Å². The third-order valence-electron chi connectivity index (χ3n) is 28.1. The van der Waals surface area contributed by atoms with Gasteiger partial charge < -0.3 is 25.5 Å². The van der Waals surface area contributed by atoms with E-state index in [2.05, 4.69) is 256 Å². The molecule has 4 atom stereocenters. The molecule has 5 nitrogen and oxygen atoms in total. The van der Waals surface area contributed by atoms with Crippen LogP contribution in [0.4, 0.5) is 0 Å². The molecule has 0 saturated carbocycles. The molecule has 568 valence electrons. The van der Waals surface area contributed by atoms with E-state index in [1.807, 2.05) is 158 Å². The lowest BCUT2D eigenvalue weighted by molar-refractivity contribution is 0.130. The Morgan fingerprint density at radius 3 is 0.775 bits per heavy atom. The van der Waals surface area contributed by atoms with Gasteiger partial charge in [0.1, 0.15) is 28.0 Å². The van der Waals surface area contributed by atoms with Crippen LogP contribution in [-0.2, 0) is 33.4 Å². The van der Waals surface area contributed by atoms with Gasteiger partial charge in [-0.2, -0.15) is 0 Å². The molecule has 0 aromatic heterocycles. The molecule has 17 aromatic rings. The highest BCUT2D eigenvalue weighted by Gasteiger charge is 2.53. The second-order valence-corrected chi connectivity index (χ2v) is 33.7. The normalized spacial score (nSPS) is 19.2. The van der Waals surface area contributed by atoms with Gasteiger partial charge in [0.2, 0.25) is 0 Å². The largest absolute Gasteiger partial charge is 0.376 e. The highest BCUT2D eigenvalue weighted by molar-refractivity contribution is 5.95. The van der Waals surface area contributed by atoms with E-state index in [1.54, 1.807) is 0 Å². The summed E-state index contributed by atoms with van der Waals surface area (Å²) in [5.41, 5.74) is 28.5.